The van der Waals surface area contributed by atoms with Crippen molar-refractivity contribution in [2.24, 2.45) is 0 Å². The molecular weight excluding hydrogens is 725 g/mol. The fourth-order valence-electron chi connectivity index (χ4n) is 7.65. The molecule has 1 saturated carbocycles. The van der Waals surface area contributed by atoms with Crippen LogP contribution in [0.25, 0.3) is 0 Å². The minimum Gasteiger partial charge on any atom is -0.450 e. The highest BCUT2D eigenvalue weighted by Crippen LogP contribution is 2.36. The number of rotatable bonds is 16. The first-order valence-electron chi connectivity index (χ1n) is 20.1. The third kappa shape index (κ3) is 11.0. The number of esters is 1. The summed E-state index contributed by atoms with van der Waals surface area (Å²) >= 11 is 0. The first kappa shape index (κ1) is 40.9. The average molecular weight is 779 g/mol. The lowest BCUT2D eigenvalue weighted by molar-refractivity contribution is -0.351. The Labute approximate surface area is 335 Å². The molecule has 0 aromatic heterocycles. The standard InChI is InChI=1S/C47H54O10/c1-32-40(48)46(55-39(31-50-28-34-18-8-3-9-19-34)41(32)51-29-35-20-10-4-11-21-35)57-43-42(52-30-36-22-12-5-13-23-36)33(2)53-47(54-38-26-16-7-17-27-38)44(43)56-45(49)37-24-14-6-15-25-37/h3-6,8-15,18-25,33,38-44,46-48H,1,7,16-17,26-31H2,2H3/t33-,39+,40-,41-,42-,43+,44+,46+,47-/m0/s1. The van der Waals surface area contributed by atoms with Gasteiger partial charge in [-0.3, -0.25) is 0 Å². The molecule has 1 aliphatic carbocycles. The van der Waals surface area contributed by atoms with Gasteiger partial charge in [0.1, 0.15) is 30.5 Å². The molecule has 10 heteroatoms. The van der Waals surface area contributed by atoms with Crippen molar-refractivity contribution >= 4 is 5.97 Å². The number of aliphatic hydroxyl groups is 1. The van der Waals surface area contributed by atoms with Gasteiger partial charge in [0.15, 0.2) is 18.7 Å². The van der Waals surface area contributed by atoms with Crippen LogP contribution in [0.4, 0.5) is 0 Å². The van der Waals surface area contributed by atoms with Gasteiger partial charge in [0.25, 0.3) is 0 Å². The number of carbonyl (C=O) groups is 1. The highest BCUT2D eigenvalue weighted by Gasteiger charge is 2.53. The van der Waals surface area contributed by atoms with Crippen LogP contribution in [-0.2, 0) is 57.7 Å². The van der Waals surface area contributed by atoms with Gasteiger partial charge in [-0.25, -0.2) is 4.79 Å². The van der Waals surface area contributed by atoms with Crippen LogP contribution in [0.2, 0.25) is 0 Å². The number of ether oxygens (including phenoxy) is 8. The summed E-state index contributed by atoms with van der Waals surface area (Å²) in [6.45, 7) is 7.17. The van der Waals surface area contributed by atoms with Crippen molar-refractivity contribution in [1.82, 2.24) is 0 Å². The molecule has 4 aromatic rings. The van der Waals surface area contributed by atoms with E-state index in [0.29, 0.717) is 17.7 Å². The van der Waals surface area contributed by atoms with Gasteiger partial charge >= 0.3 is 5.97 Å². The van der Waals surface area contributed by atoms with Crippen LogP contribution in [-0.4, -0.2) is 79.1 Å². The Morgan fingerprint density at radius 3 is 1.84 bits per heavy atom. The minimum atomic E-state index is -1.31. The van der Waals surface area contributed by atoms with E-state index in [9.17, 15) is 9.90 Å². The molecule has 7 rings (SSSR count). The second-order valence-electron chi connectivity index (χ2n) is 15.0. The lowest BCUT2D eigenvalue weighted by Crippen LogP contribution is -2.63. The second kappa shape index (κ2) is 20.5. The molecule has 10 nitrogen and oxygen atoms in total. The van der Waals surface area contributed by atoms with E-state index in [1.54, 1.807) is 24.3 Å². The number of aliphatic hydroxyl groups excluding tert-OH is 1. The summed E-state index contributed by atoms with van der Waals surface area (Å²) in [7, 11) is 0. The molecule has 2 aliphatic heterocycles. The average Bonchev–Trinajstić information content (AvgIpc) is 3.25. The molecule has 0 unspecified atom stereocenters. The van der Waals surface area contributed by atoms with Gasteiger partial charge in [0, 0.05) is 0 Å². The topological polar surface area (TPSA) is 111 Å². The molecule has 0 bridgehead atoms. The lowest BCUT2D eigenvalue weighted by atomic mass is 9.95. The Kier molecular flexibility index (Phi) is 14.7. The Bertz CT molecular complexity index is 1800. The number of carbonyl (C=O) groups excluding carboxylic acids is 1. The van der Waals surface area contributed by atoms with Crippen LogP contribution in [0.5, 0.6) is 0 Å². The van der Waals surface area contributed by atoms with Crippen molar-refractivity contribution in [3.8, 4) is 0 Å². The van der Waals surface area contributed by atoms with Gasteiger partial charge in [0.05, 0.1) is 44.2 Å². The van der Waals surface area contributed by atoms with Crippen LogP contribution >= 0.6 is 0 Å². The van der Waals surface area contributed by atoms with E-state index in [2.05, 4.69) is 6.58 Å². The first-order chi connectivity index (χ1) is 27.9. The van der Waals surface area contributed by atoms with Crippen LogP contribution in [0.1, 0.15) is 66.1 Å². The van der Waals surface area contributed by atoms with Gasteiger partial charge in [-0.05, 0) is 54.2 Å². The van der Waals surface area contributed by atoms with Crippen molar-refractivity contribution in [3.63, 3.8) is 0 Å². The van der Waals surface area contributed by atoms with E-state index < -0.39 is 61.3 Å². The van der Waals surface area contributed by atoms with E-state index in [-0.39, 0.29) is 25.9 Å². The van der Waals surface area contributed by atoms with E-state index in [1.165, 1.54) is 0 Å². The zero-order valence-corrected chi connectivity index (χ0v) is 32.5. The van der Waals surface area contributed by atoms with Crippen molar-refractivity contribution in [2.75, 3.05) is 6.61 Å². The monoisotopic (exact) mass is 778 g/mol. The summed E-state index contributed by atoms with van der Waals surface area (Å²) in [5.74, 6) is -0.567. The highest BCUT2D eigenvalue weighted by molar-refractivity contribution is 5.89. The number of hydrogen-bond donors (Lipinski definition) is 1. The Balaban J connectivity index is 1.18. The molecular formula is C47H54O10. The van der Waals surface area contributed by atoms with Crippen LogP contribution < -0.4 is 0 Å². The zero-order chi connectivity index (χ0) is 39.4. The Hall–Kier alpha value is -4.23. The number of benzene rings is 4. The molecule has 0 radical (unpaired) electrons. The summed E-state index contributed by atoms with van der Waals surface area (Å²) in [5, 5.41) is 11.9. The molecule has 0 spiro atoms. The summed E-state index contributed by atoms with van der Waals surface area (Å²) in [6, 6.07) is 38.2. The third-order valence-corrected chi connectivity index (χ3v) is 10.8. The van der Waals surface area contributed by atoms with Crippen molar-refractivity contribution in [3.05, 3.63) is 156 Å². The molecule has 2 heterocycles. The normalized spacial score (nSPS) is 28.2. The maximum atomic E-state index is 13.8. The molecule has 3 aliphatic rings. The largest absolute Gasteiger partial charge is 0.450 e. The smallest absolute Gasteiger partial charge is 0.338 e. The fourth-order valence-corrected chi connectivity index (χ4v) is 7.65. The third-order valence-electron chi connectivity index (χ3n) is 10.8. The van der Waals surface area contributed by atoms with Gasteiger partial charge in [0.2, 0.25) is 0 Å². The van der Waals surface area contributed by atoms with Crippen molar-refractivity contribution in [2.45, 2.75) is 120 Å². The molecule has 2 saturated heterocycles. The predicted octanol–water partition coefficient (Wildman–Crippen LogP) is 7.72. The Morgan fingerprint density at radius 1 is 0.667 bits per heavy atom. The molecule has 57 heavy (non-hydrogen) atoms. The van der Waals surface area contributed by atoms with Crippen LogP contribution in [0.3, 0.4) is 0 Å². The van der Waals surface area contributed by atoms with Gasteiger partial charge in [-0.2, -0.15) is 0 Å². The zero-order valence-electron chi connectivity index (χ0n) is 32.5. The summed E-state index contributed by atoms with van der Waals surface area (Å²) < 4.78 is 52.2. The maximum Gasteiger partial charge on any atom is 0.338 e. The molecule has 0 amide bonds. The first-order valence-corrected chi connectivity index (χ1v) is 20.1. The van der Waals surface area contributed by atoms with Crippen molar-refractivity contribution in [1.29, 1.82) is 0 Å². The molecule has 302 valence electrons. The van der Waals surface area contributed by atoms with E-state index >= 15 is 0 Å². The van der Waals surface area contributed by atoms with E-state index in [1.807, 2.05) is 104 Å². The van der Waals surface area contributed by atoms with E-state index in [4.69, 9.17) is 37.9 Å². The fraction of sp³-hybridized carbons (Fsp3) is 0.426. The summed E-state index contributed by atoms with van der Waals surface area (Å²) in [5.41, 5.74) is 3.65. The minimum absolute atomic E-state index is 0.0821. The molecule has 1 N–H and O–H groups in total. The lowest BCUT2D eigenvalue weighted by Gasteiger charge is -2.48. The second-order valence-corrected chi connectivity index (χ2v) is 15.0. The predicted molar refractivity (Wildman–Crippen MR) is 213 cm³/mol. The number of hydrogen-bond acceptors (Lipinski definition) is 10. The van der Waals surface area contributed by atoms with Crippen LogP contribution in [0.15, 0.2) is 133 Å². The molecule has 4 aromatic carbocycles. The molecule has 9 atom stereocenters. The van der Waals surface area contributed by atoms with Gasteiger partial charge in [-0.1, -0.05) is 135 Å². The van der Waals surface area contributed by atoms with Crippen molar-refractivity contribution < 1.29 is 47.8 Å². The van der Waals surface area contributed by atoms with Gasteiger partial charge < -0.3 is 43.0 Å². The Morgan fingerprint density at radius 2 is 1.23 bits per heavy atom. The van der Waals surface area contributed by atoms with Crippen LogP contribution in [0, 0.1) is 0 Å². The quantitative estimate of drug-likeness (QED) is 0.0897. The van der Waals surface area contributed by atoms with E-state index in [0.717, 1.165) is 48.8 Å². The summed E-state index contributed by atoms with van der Waals surface area (Å²) in [6.07, 6.45) is -3.54. The highest BCUT2D eigenvalue weighted by atomic mass is 16.8. The van der Waals surface area contributed by atoms with Gasteiger partial charge in [-0.15, -0.1) is 0 Å². The summed E-state index contributed by atoms with van der Waals surface area (Å²) in [4.78, 5) is 13.8. The SMILES string of the molecule is C=C1[C@H](O)[C@@H](O[C@@H]2[C@@H](OCc3ccccc3)[C@H](C)O[C@@H](OC3CCCCC3)[C@@H]2OC(=O)c2ccccc2)O[C@H](COCc2ccccc2)[C@H]1OCc1ccccc1. The molecule has 3 fully saturated rings. The maximum absolute atomic E-state index is 13.8.